The molecule has 0 spiro atoms. The van der Waals surface area contributed by atoms with E-state index in [0.29, 0.717) is 35.1 Å². The second-order valence-corrected chi connectivity index (χ2v) is 20.9. The van der Waals surface area contributed by atoms with Gasteiger partial charge in [-0.2, -0.15) is 10.4 Å². The van der Waals surface area contributed by atoms with E-state index in [-0.39, 0.29) is 60.9 Å². The first-order chi connectivity index (χ1) is 31.3. The third-order valence-corrected chi connectivity index (χ3v) is 13.8. The molecule has 3 atom stereocenters. The molecule has 354 valence electrons. The van der Waals surface area contributed by atoms with Crippen LogP contribution in [0.25, 0.3) is 10.4 Å². The van der Waals surface area contributed by atoms with Gasteiger partial charge >= 0.3 is 0 Å². The van der Waals surface area contributed by atoms with Crippen molar-refractivity contribution in [2.24, 2.45) is 16.2 Å². The van der Waals surface area contributed by atoms with E-state index in [1.165, 1.54) is 4.90 Å². The number of aryl methyl sites for hydroxylation is 1. The smallest absolute Gasteiger partial charge is 0.254 e. The molecule has 17 heteroatoms. The number of β-amino-alcohol motifs (C(OH)–C–C–N with tert-alkyl or cyclic N) is 1. The van der Waals surface area contributed by atoms with Crippen molar-refractivity contribution in [1.82, 2.24) is 35.6 Å². The number of aromatic nitrogens is 3. The highest BCUT2D eigenvalue weighted by molar-refractivity contribution is 7.13. The van der Waals surface area contributed by atoms with E-state index >= 15 is 0 Å². The van der Waals surface area contributed by atoms with E-state index in [2.05, 4.69) is 59.8 Å². The third kappa shape index (κ3) is 12.2. The number of nitriles is 1. The second-order valence-electron chi connectivity index (χ2n) is 19.7. The zero-order chi connectivity index (χ0) is 47.8. The van der Waals surface area contributed by atoms with Gasteiger partial charge in [-0.15, -0.1) is 11.3 Å². The van der Waals surface area contributed by atoms with Gasteiger partial charge in [-0.1, -0.05) is 104 Å². The molecule has 1 aliphatic heterocycles. The average Bonchev–Trinajstić information content (AvgIpc) is 4.07. The molecule has 0 radical (unpaired) electrons. The molecule has 2 aromatic heterocycles. The van der Waals surface area contributed by atoms with Gasteiger partial charge < -0.3 is 35.4 Å². The average molecular weight is 944 g/mol. The Morgan fingerprint density at radius 2 is 1.73 bits per heavy atom. The fourth-order valence-electron chi connectivity index (χ4n) is 9.36. The molecule has 3 heterocycles. The summed E-state index contributed by atoms with van der Waals surface area (Å²) in [4.78, 5) is 60.3. The van der Waals surface area contributed by atoms with Crippen molar-refractivity contribution in [1.29, 1.82) is 5.26 Å². The maximum Gasteiger partial charge on any atom is 0.254 e. The molecule has 1 saturated heterocycles. The molecule has 2 fully saturated rings. The van der Waals surface area contributed by atoms with E-state index in [4.69, 9.17) is 21.1 Å². The van der Waals surface area contributed by atoms with E-state index in [9.17, 15) is 29.5 Å². The van der Waals surface area contributed by atoms with Crippen molar-refractivity contribution in [3.63, 3.8) is 0 Å². The Labute approximate surface area is 396 Å². The van der Waals surface area contributed by atoms with Gasteiger partial charge in [-0.05, 0) is 41.5 Å². The van der Waals surface area contributed by atoms with Crippen molar-refractivity contribution in [2.45, 2.75) is 130 Å². The van der Waals surface area contributed by atoms with Crippen LogP contribution >= 0.6 is 22.9 Å². The van der Waals surface area contributed by atoms with E-state index in [1.807, 2.05) is 45.0 Å². The fraction of sp³-hybridized carbons (Fsp3) is 0.531. The Balaban J connectivity index is 0.862. The largest absolute Gasteiger partial charge is 0.489 e. The Bertz CT molecular complexity index is 2340. The first kappa shape index (κ1) is 50.1. The van der Waals surface area contributed by atoms with Crippen LogP contribution in [-0.4, -0.2) is 98.5 Å². The SMILES string of the molecule is CC1(C)C(NC(=O)c2cnn(CCCCCCCOCC(=O)N[C@H](C(=O)N3C[C@H](O)CC3C(=O)NCc3ccc(-c4cncs4)cc3)C(C)(C)C)c2)C(C)(C)C1Oc1ccc(C#N)c(Cl)c1. The summed E-state index contributed by atoms with van der Waals surface area (Å²) in [6.45, 7) is 14.9. The van der Waals surface area contributed by atoms with Crippen molar-refractivity contribution >= 4 is 46.6 Å². The Morgan fingerprint density at radius 3 is 2.39 bits per heavy atom. The number of carbonyl (C=O) groups excluding carboxylic acids is 4. The molecule has 66 heavy (non-hydrogen) atoms. The maximum absolute atomic E-state index is 13.9. The summed E-state index contributed by atoms with van der Waals surface area (Å²) in [5.74, 6) is -0.831. The Hall–Kier alpha value is -5.34. The van der Waals surface area contributed by atoms with Gasteiger partial charge in [-0.25, -0.2) is 0 Å². The summed E-state index contributed by atoms with van der Waals surface area (Å²) >= 11 is 7.78. The minimum absolute atomic E-state index is 0.00447. The highest BCUT2D eigenvalue weighted by Gasteiger charge is 2.64. The van der Waals surface area contributed by atoms with Gasteiger partial charge in [0.25, 0.3) is 5.91 Å². The minimum Gasteiger partial charge on any atom is -0.489 e. The Morgan fingerprint density at radius 1 is 1.02 bits per heavy atom. The highest BCUT2D eigenvalue weighted by atomic mass is 35.5. The minimum atomic E-state index is -0.938. The number of nitrogens with one attached hydrogen (secondary N) is 3. The lowest BCUT2D eigenvalue weighted by Crippen LogP contribution is -2.74. The lowest BCUT2D eigenvalue weighted by atomic mass is 9.49. The summed E-state index contributed by atoms with van der Waals surface area (Å²) in [6, 6.07) is 12.9. The van der Waals surface area contributed by atoms with E-state index < -0.39 is 35.4 Å². The topological polar surface area (TPSA) is 201 Å². The predicted octanol–water partition coefficient (Wildman–Crippen LogP) is 6.92. The number of thiazole rings is 1. The molecule has 4 N–H and O–H groups in total. The molecule has 1 unspecified atom stereocenters. The van der Waals surface area contributed by atoms with Gasteiger partial charge in [0.05, 0.1) is 38.8 Å². The van der Waals surface area contributed by atoms with Gasteiger partial charge in [0.1, 0.15) is 36.6 Å². The number of hydrogen-bond acceptors (Lipinski definition) is 11. The van der Waals surface area contributed by atoms with Crippen LogP contribution in [0.1, 0.15) is 108 Å². The summed E-state index contributed by atoms with van der Waals surface area (Å²) < 4.78 is 13.8. The number of rotatable bonds is 20. The quantitative estimate of drug-likeness (QED) is 0.0675. The fourth-order valence-corrected chi connectivity index (χ4v) is 10.2. The molecular weight excluding hydrogens is 880 g/mol. The Kier molecular flexibility index (Phi) is 16.3. The number of amides is 4. The van der Waals surface area contributed by atoms with Crippen LogP contribution in [0.3, 0.4) is 0 Å². The van der Waals surface area contributed by atoms with Crippen molar-refractivity contribution in [3.05, 3.63) is 88.3 Å². The number of benzene rings is 2. The lowest BCUT2D eigenvalue weighted by molar-refractivity contribution is -0.164. The molecule has 6 rings (SSSR count). The number of likely N-dealkylation sites (tertiary alicyclic amines) is 1. The summed E-state index contributed by atoms with van der Waals surface area (Å²) in [6.07, 6.45) is 8.68. The van der Waals surface area contributed by atoms with Crippen LogP contribution in [0.4, 0.5) is 0 Å². The maximum atomic E-state index is 13.9. The van der Waals surface area contributed by atoms with E-state index in [1.54, 1.807) is 58.3 Å². The third-order valence-electron chi connectivity index (χ3n) is 12.7. The van der Waals surface area contributed by atoms with Gasteiger partial charge in [0.2, 0.25) is 17.7 Å². The van der Waals surface area contributed by atoms with Crippen LogP contribution < -0.4 is 20.7 Å². The van der Waals surface area contributed by atoms with Crippen LogP contribution in [0.2, 0.25) is 5.02 Å². The molecule has 4 aromatic rings. The zero-order valence-electron chi connectivity index (χ0n) is 38.9. The molecule has 15 nitrogen and oxygen atoms in total. The van der Waals surface area contributed by atoms with Gasteiger partial charge in [-0.3, -0.25) is 28.8 Å². The first-order valence-electron chi connectivity index (χ1n) is 22.6. The second kappa shape index (κ2) is 21.5. The molecular formula is C49H63ClN8O7S. The van der Waals surface area contributed by atoms with Crippen LogP contribution in [-0.2, 0) is 32.2 Å². The monoisotopic (exact) mass is 942 g/mol. The highest BCUT2D eigenvalue weighted by Crippen LogP contribution is 2.55. The zero-order valence-corrected chi connectivity index (χ0v) is 40.5. The number of hydrogen-bond donors (Lipinski definition) is 4. The molecule has 1 aliphatic carbocycles. The van der Waals surface area contributed by atoms with Crippen molar-refractivity contribution in [3.8, 4) is 22.3 Å². The number of ether oxygens (including phenoxy) is 2. The number of carbonyl (C=O) groups is 4. The molecule has 4 amide bonds. The van der Waals surface area contributed by atoms with E-state index in [0.717, 1.165) is 48.1 Å². The van der Waals surface area contributed by atoms with Crippen LogP contribution in [0.15, 0.2) is 66.6 Å². The number of halogens is 1. The van der Waals surface area contributed by atoms with Crippen LogP contribution in [0, 0.1) is 27.6 Å². The first-order valence-corrected chi connectivity index (χ1v) is 23.9. The number of aliphatic hydroxyl groups excluding tert-OH is 1. The molecule has 2 aliphatic rings. The number of unbranched alkanes of at least 4 members (excludes halogenated alkanes) is 4. The van der Waals surface area contributed by atoms with Gasteiger partial charge in [0, 0.05) is 68.0 Å². The van der Waals surface area contributed by atoms with Crippen LogP contribution in [0.5, 0.6) is 5.75 Å². The van der Waals surface area contributed by atoms with Gasteiger partial charge in [0.15, 0.2) is 0 Å². The molecule has 2 aromatic carbocycles. The molecule has 0 bridgehead atoms. The summed E-state index contributed by atoms with van der Waals surface area (Å²) in [7, 11) is 0. The standard InChI is InChI=1S/C49H63ClN8O7S/c1-47(2,3)41(44(63)58-28-35(59)21-38(58)43(62)53-24-31-13-15-32(16-14-31)39-26-52-30-66-39)55-40(60)29-64-20-12-10-8-9-11-19-57-27-34(25-54-57)42(61)56-45-48(4,5)46(49(45,6)7)65-36-18-17-33(23-51)37(50)22-36/h13-18,22,25-27,30,35,38,41,45-46,59H,8-12,19-21,24,28-29H2,1-7H3,(H,53,62)(H,55,60)(H,56,61)/t35-,38?,41-,45?,46?/m1/s1. The predicted molar refractivity (Wildman–Crippen MR) is 252 cm³/mol. The normalized spacial score (nSPS) is 20.2. The molecule has 1 saturated carbocycles. The summed E-state index contributed by atoms with van der Waals surface area (Å²) in [5, 5.41) is 33.5. The number of aliphatic hydroxyl groups is 1. The summed E-state index contributed by atoms with van der Waals surface area (Å²) in [5.41, 5.74) is 3.14. The van der Waals surface area contributed by atoms with Crippen molar-refractivity contribution in [2.75, 3.05) is 19.8 Å². The number of nitrogens with zero attached hydrogens (tertiary/aromatic N) is 5. The van der Waals surface area contributed by atoms with Crippen molar-refractivity contribution < 1.29 is 33.8 Å². The lowest BCUT2D eigenvalue weighted by Gasteiger charge is -2.63.